The van der Waals surface area contributed by atoms with Crippen LogP contribution in [0.25, 0.3) is 11.3 Å². The van der Waals surface area contributed by atoms with E-state index in [1.54, 1.807) is 13.8 Å². The number of rotatable bonds is 7. The van der Waals surface area contributed by atoms with Gasteiger partial charge in [0.25, 0.3) is 0 Å². The van der Waals surface area contributed by atoms with Gasteiger partial charge in [0, 0.05) is 18.2 Å². The molecule has 0 spiro atoms. The van der Waals surface area contributed by atoms with E-state index in [-0.39, 0.29) is 28.8 Å². The van der Waals surface area contributed by atoms with Crippen LogP contribution in [0.3, 0.4) is 0 Å². The number of aryl methyl sites for hydroxylation is 1. The van der Waals surface area contributed by atoms with Gasteiger partial charge in [0.2, 0.25) is 0 Å². The van der Waals surface area contributed by atoms with E-state index in [4.69, 9.17) is 25.8 Å². The second-order valence-electron chi connectivity index (χ2n) is 5.71. The van der Waals surface area contributed by atoms with E-state index in [1.807, 2.05) is 0 Å². The number of ether oxygens (including phenoxy) is 3. The molecule has 0 saturated heterocycles. The lowest BCUT2D eigenvalue weighted by atomic mass is 10.1. The van der Waals surface area contributed by atoms with Crippen molar-refractivity contribution in [3.8, 4) is 22.8 Å². The van der Waals surface area contributed by atoms with Crippen molar-refractivity contribution in [1.29, 1.82) is 0 Å². The highest BCUT2D eigenvalue weighted by molar-refractivity contribution is 6.36. The number of carbonyl (C=O) groups excluding carboxylic acids is 1. The molecule has 0 aliphatic rings. The first-order chi connectivity index (χ1) is 13.1. The Balaban J connectivity index is 2.49. The fraction of sp³-hybridized carbons (Fsp3) is 0.444. The van der Waals surface area contributed by atoms with E-state index in [2.05, 4.69) is 5.10 Å². The van der Waals surface area contributed by atoms with Gasteiger partial charge in [-0.15, -0.1) is 0 Å². The van der Waals surface area contributed by atoms with Crippen LogP contribution in [0.4, 0.5) is 13.2 Å². The van der Waals surface area contributed by atoms with E-state index in [9.17, 15) is 18.0 Å². The van der Waals surface area contributed by atoms with Crippen molar-refractivity contribution in [1.82, 2.24) is 9.78 Å². The Labute approximate surface area is 165 Å². The van der Waals surface area contributed by atoms with Crippen LogP contribution in [0.5, 0.6) is 11.5 Å². The monoisotopic (exact) mass is 420 g/mol. The van der Waals surface area contributed by atoms with E-state index < -0.39 is 18.2 Å². The average molecular weight is 421 g/mol. The van der Waals surface area contributed by atoms with Crippen LogP contribution in [0.2, 0.25) is 5.02 Å². The Bertz CT molecular complexity index is 852. The molecule has 0 amide bonds. The van der Waals surface area contributed by atoms with Crippen molar-refractivity contribution in [3.05, 3.63) is 28.9 Å². The lowest BCUT2D eigenvalue weighted by Gasteiger charge is -2.19. The first-order valence-electron chi connectivity index (χ1n) is 8.49. The molecule has 1 unspecified atom stereocenters. The number of alkyl halides is 3. The van der Waals surface area contributed by atoms with Crippen LogP contribution in [-0.4, -0.2) is 41.7 Å². The number of halogens is 4. The van der Waals surface area contributed by atoms with Gasteiger partial charge in [-0.05, 0) is 32.9 Å². The fourth-order valence-corrected chi connectivity index (χ4v) is 2.78. The normalized spacial score (nSPS) is 12.6. The second-order valence-corrected chi connectivity index (χ2v) is 6.09. The molecular weight excluding hydrogens is 401 g/mol. The summed E-state index contributed by atoms with van der Waals surface area (Å²) in [6.07, 6.45) is -6.48. The van der Waals surface area contributed by atoms with E-state index in [0.29, 0.717) is 17.8 Å². The Morgan fingerprint density at radius 2 is 2.00 bits per heavy atom. The van der Waals surface area contributed by atoms with Gasteiger partial charge in [0.15, 0.2) is 11.8 Å². The highest BCUT2D eigenvalue weighted by Crippen LogP contribution is 2.39. The van der Waals surface area contributed by atoms with E-state index >= 15 is 0 Å². The maximum atomic E-state index is 12.7. The van der Waals surface area contributed by atoms with Gasteiger partial charge in [-0.3, -0.25) is 4.68 Å². The Morgan fingerprint density at radius 3 is 2.54 bits per heavy atom. The molecule has 0 saturated carbocycles. The summed E-state index contributed by atoms with van der Waals surface area (Å²) in [5.74, 6) is -0.465. The smallest absolute Gasteiger partial charge is 0.425 e. The zero-order valence-electron chi connectivity index (χ0n) is 15.8. The summed E-state index contributed by atoms with van der Waals surface area (Å²) in [7, 11) is 1.36. The van der Waals surface area contributed by atoms with Gasteiger partial charge in [-0.1, -0.05) is 11.6 Å². The molecule has 0 radical (unpaired) electrons. The van der Waals surface area contributed by atoms with Crippen molar-refractivity contribution in [3.63, 3.8) is 0 Å². The standard InChI is InChI=1S/C18H20ClF3N2O4/c1-5-24-16(14(19)15(23-24)17(25)27-6-2)12-8-7-11(9-13(12)26-4)28-10(3)18(20,21)22/h7-10H,5-6H2,1-4H3. The van der Waals surface area contributed by atoms with Crippen LogP contribution in [0, 0.1) is 0 Å². The van der Waals surface area contributed by atoms with Crippen molar-refractivity contribution < 1.29 is 32.2 Å². The minimum atomic E-state index is -4.50. The molecule has 0 aliphatic heterocycles. The number of esters is 1. The average Bonchev–Trinajstić information content (AvgIpc) is 2.97. The van der Waals surface area contributed by atoms with Crippen LogP contribution in [0.15, 0.2) is 18.2 Å². The third kappa shape index (κ3) is 4.52. The molecule has 10 heteroatoms. The first-order valence-corrected chi connectivity index (χ1v) is 8.86. The summed E-state index contributed by atoms with van der Waals surface area (Å²) >= 11 is 6.37. The largest absolute Gasteiger partial charge is 0.496 e. The molecule has 2 aromatic rings. The third-order valence-electron chi connectivity index (χ3n) is 3.86. The van der Waals surface area contributed by atoms with Gasteiger partial charge >= 0.3 is 12.1 Å². The lowest BCUT2D eigenvalue weighted by Crippen LogP contribution is -2.31. The molecule has 1 aromatic carbocycles. The van der Waals surface area contributed by atoms with Crippen LogP contribution in [-0.2, 0) is 11.3 Å². The van der Waals surface area contributed by atoms with Crippen molar-refractivity contribution in [2.75, 3.05) is 13.7 Å². The SMILES string of the molecule is CCOC(=O)c1nn(CC)c(-c2ccc(OC(C)C(F)(F)F)cc2OC)c1Cl. The number of nitrogens with zero attached hydrogens (tertiary/aromatic N) is 2. The maximum Gasteiger partial charge on any atom is 0.425 e. The Kier molecular flexibility index (Phi) is 6.82. The predicted octanol–water partition coefficient (Wildman–Crippen LogP) is 4.74. The van der Waals surface area contributed by atoms with Gasteiger partial charge in [-0.2, -0.15) is 18.3 Å². The van der Waals surface area contributed by atoms with E-state index in [0.717, 1.165) is 6.92 Å². The fourth-order valence-electron chi connectivity index (χ4n) is 2.47. The quantitative estimate of drug-likeness (QED) is 0.605. The maximum absolute atomic E-state index is 12.7. The third-order valence-corrected chi connectivity index (χ3v) is 4.22. The first kappa shape index (κ1) is 21.9. The summed E-state index contributed by atoms with van der Waals surface area (Å²) in [6, 6.07) is 4.19. The molecular formula is C18H20ClF3N2O4. The summed E-state index contributed by atoms with van der Waals surface area (Å²) in [5, 5.41) is 4.24. The molecule has 0 aliphatic carbocycles. The highest BCUT2D eigenvalue weighted by atomic mass is 35.5. The second kappa shape index (κ2) is 8.72. The number of benzene rings is 1. The van der Waals surface area contributed by atoms with E-state index in [1.165, 1.54) is 30.0 Å². The van der Waals surface area contributed by atoms with Gasteiger partial charge in [0.05, 0.1) is 19.4 Å². The minimum Gasteiger partial charge on any atom is -0.496 e. The Morgan fingerprint density at radius 1 is 1.32 bits per heavy atom. The molecule has 0 N–H and O–H groups in total. The molecule has 0 bridgehead atoms. The van der Waals surface area contributed by atoms with Gasteiger partial charge < -0.3 is 14.2 Å². The van der Waals surface area contributed by atoms with Crippen LogP contribution >= 0.6 is 11.6 Å². The molecule has 6 nitrogen and oxygen atoms in total. The van der Waals surface area contributed by atoms with Crippen LogP contribution < -0.4 is 9.47 Å². The lowest BCUT2D eigenvalue weighted by molar-refractivity contribution is -0.189. The predicted molar refractivity (Wildman–Crippen MR) is 97.0 cm³/mol. The Hall–Kier alpha value is -2.42. The zero-order chi connectivity index (χ0) is 21.1. The topological polar surface area (TPSA) is 62.6 Å². The van der Waals surface area contributed by atoms with Gasteiger partial charge in [0.1, 0.15) is 16.5 Å². The summed E-state index contributed by atoms with van der Waals surface area (Å²) < 4.78 is 54.9. The van der Waals surface area contributed by atoms with Crippen LogP contribution in [0.1, 0.15) is 31.3 Å². The molecule has 1 aromatic heterocycles. The van der Waals surface area contributed by atoms with Crippen molar-refractivity contribution in [2.45, 2.75) is 39.6 Å². The number of hydrogen-bond donors (Lipinski definition) is 0. The molecule has 2 rings (SSSR count). The molecule has 28 heavy (non-hydrogen) atoms. The number of aromatic nitrogens is 2. The number of methoxy groups -OCH3 is 1. The van der Waals surface area contributed by atoms with Crippen molar-refractivity contribution in [2.24, 2.45) is 0 Å². The summed E-state index contributed by atoms with van der Waals surface area (Å²) in [4.78, 5) is 12.1. The highest BCUT2D eigenvalue weighted by Gasteiger charge is 2.38. The molecule has 1 atom stereocenters. The summed E-state index contributed by atoms with van der Waals surface area (Å²) in [5.41, 5.74) is 0.789. The molecule has 0 fully saturated rings. The zero-order valence-corrected chi connectivity index (χ0v) is 16.5. The number of carbonyl (C=O) groups is 1. The number of hydrogen-bond acceptors (Lipinski definition) is 5. The van der Waals surface area contributed by atoms with Gasteiger partial charge in [-0.25, -0.2) is 4.79 Å². The summed E-state index contributed by atoms with van der Waals surface area (Å²) in [6.45, 7) is 4.93. The minimum absolute atomic E-state index is 0.0188. The molecule has 1 heterocycles. The molecule has 154 valence electrons. The van der Waals surface area contributed by atoms with Crippen molar-refractivity contribution >= 4 is 17.6 Å².